The number of nitrogens with one attached hydrogen (secondary N) is 1. The van der Waals surface area contributed by atoms with Crippen molar-refractivity contribution in [2.24, 2.45) is 11.3 Å². The van der Waals surface area contributed by atoms with Gasteiger partial charge in [-0.25, -0.2) is 0 Å². The van der Waals surface area contributed by atoms with E-state index in [2.05, 4.69) is 20.0 Å². The molecular formula is C11H12F3N3O2. The third kappa shape index (κ3) is 2.43. The fourth-order valence-corrected chi connectivity index (χ4v) is 2.32. The van der Waals surface area contributed by atoms with Crippen molar-refractivity contribution in [3.05, 3.63) is 11.7 Å². The normalized spacial score (nSPS) is 23.4. The van der Waals surface area contributed by atoms with Crippen molar-refractivity contribution in [3.8, 4) is 0 Å². The zero-order valence-corrected chi connectivity index (χ0v) is 9.96. The van der Waals surface area contributed by atoms with E-state index in [-0.39, 0.29) is 36.0 Å². The average molecular weight is 275 g/mol. The summed E-state index contributed by atoms with van der Waals surface area (Å²) >= 11 is 0. The molecule has 19 heavy (non-hydrogen) atoms. The number of carbonyl (C=O) groups excluding carboxylic acids is 1. The first-order chi connectivity index (χ1) is 8.91. The summed E-state index contributed by atoms with van der Waals surface area (Å²) in [6.45, 7) is 0.224. The van der Waals surface area contributed by atoms with Crippen molar-refractivity contribution in [1.82, 2.24) is 15.5 Å². The van der Waals surface area contributed by atoms with Crippen molar-refractivity contribution in [3.63, 3.8) is 0 Å². The van der Waals surface area contributed by atoms with Crippen LogP contribution >= 0.6 is 0 Å². The van der Waals surface area contributed by atoms with Crippen LogP contribution in [-0.2, 0) is 17.4 Å². The lowest BCUT2D eigenvalue weighted by molar-refractivity contribution is -0.159. The Balaban J connectivity index is 1.45. The molecule has 1 aromatic heterocycles. The highest BCUT2D eigenvalue weighted by molar-refractivity contribution is 5.83. The molecule has 0 unspecified atom stereocenters. The summed E-state index contributed by atoms with van der Waals surface area (Å²) < 4.78 is 40.7. The lowest BCUT2D eigenvalue weighted by Gasteiger charge is -2.01. The Morgan fingerprint density at radius 2 is 2.21 bits per heavy atom. The highest BCUT2D eigenvalue weighted by atomic mass is 19.4. The third-order valence-corrected chi connectivity index (χ3v) is 3.76. The van der Waals surface area contributed by atoms with E-state index in [1.54, 1.807) is 0 Å². The number of alkyl halides is 3. The molecular weight excluding hydrogens is 263 g/mol. The number of amides is 1. The number of halogens is 3. The van der Waals surface area contributed by atoms with Crippen LogP contribution in [0.2, 0.25) is 0 Å². The lowest BCUT2D eigenvalue weighted by Crippen LogP contribution is -2.28. The molecule has 1 amide bonds. The van der Waals surface area contributed by atoms with Gasteiger partial charge in [-0.05, 0) is 24.7 Å². The fourth-order valence-electron chi connectivity index (χ4n) is 2.32. The molecule has 1 spiro atoms. The smallest absolute Gasteiger partial charge is 0.355 e. The van der Waals surface area contributed by atoms with Crippen molar-refractivity contribution < 1.29 is 22.5 Å². The predicted octanol–water partition coefficient (Wildman–Crippen LogP) is 1.55. The van der Waals surface area contributed by atoms with Crippen LogP contribution in [0.1, 0.15) is 31.0 Å². The Morgan fingerprint density at radius 1 is 1.47 bits per heavy atom. The monoisotopic (exact) mass is 275 g/mol. The van der Waals surface area contributed by atoms with Crippen molar-refractivity contribution in [1.29, 1.82) is 0 Å². The van der Waals surface area contributed by atoms with E-state index in [1.807, 2.05) is 0 Å². The van der Waals surface area contributed by atoms with E-state index in [0.29, 0.717) is 0 Å². The van der Waals surface area contributed by atoms with E-state index in [4.69, 9.17) is 0 Å². The van der Waals surface area contributed by atoms with Gasteiger partial charge in [0.15, 0.2) is 5.82 Å². The molecule has 0 radical (unpaired) electrons. The highest BCUT2D eigenvalue weighted by Crippen LogP contribution is 2.70. The first kappa shape index (κ1) is 12.4. The largest absolute Gasteiger partial charge is 0.471 e. The molecule has 2 saturated carbocycles. The van der Waals surface area contributed by atoms with Crippen LogP contribution in [0.5, 0.6) is 0 Å². The van der Waals surface area contributed by atoms with Gasteiger partial charge in [0.05, 0.1) is 0 Å². The molecule has 5 nitrogen and oxygen atoms in total. The second-order valence-electron chi connectivity index (χ2n) is 5.17. The van der Waals surface area contributed by atoms with Gasteiger partial charge in [0.25, 0.3) is 0 Å². The van der Waals surface area contributed by atoms with Gasteiger partial charge in [0.1, 0.15) is 0 Å². The summed E-state index contributed by atoms with van der Waals surface area (Å²) in [5.41, 5.74) is 0.277. The summed E-state index contributed by atoms with van der Waals surface area (Å²) in [6, 6.07) is 0. The molecule has 3 rings (SSSR count). The van der Waals surface area contributed by atoms with Gasteiger partial charge in [0.2, 0.25) is 5.91 Å². The topological polar surface area (TPSA) is 68.0 Å². The minimum absolute atomic E-state index is 0.0166. The maximum absolute atomic E-state index is 12.2. The van der Waals surface area contributed by atoms with Gasteiger partial charge in [0, 0.05) is 18.9 Å². The number of hydrogen-bond donors (Lipinski definition) is 1. The summed E-state index contributed by atoms with van der Waals surface area (Å²) in [4.78, 5) is 14.9. The molecule has 2 fully saturated rings. The Labute approximate surface area is 106 Å². The summed E-state index contributed by atoms with van der Waals surface area (Å²) in [6.07, 6.45) is -1.32. The minimum atomic E-state index is -4.62. The molecule has 104 valence electrons. The Hall–Kier alpha value is -1.60. The number of aromatic nitrogens is 2. The number of carbonyl (C=O) groups is 1. The van der Waals surface area contributed by atoms with Crippen molar-refractivity contribution in [2.45, 2.75) is 31.9 Å². The van der Waals surface area contributed by atoms with Crippen molar-refractivity contribution in [2.75, 3.05) is 6.54 Å². The lowest BCUT2D eigenvalue weighted by atomic mass is 10.3. The van der Waals surface area contributed by atoms with Gasteiger partial charge < -0.3 is 9.84 Å². The van der Waals surface area contributed by atoms with E-state index in [0.717, 1.165) is 19.3 Å². The first-order valence-corrected chi connectivity index (χ1v) is 6.08. The first-order valence-electron chi connectivity index (χ1n) is 6.08. The van der Waals surface area contributed by atoms with Crippen LogP contribution in [0, 0.1) is 11.3 Å². The number of hydrogen-bond acceptors (Lipinski definition) is 4. The fraction of sp³-hybridized carbons (Fsp3) is 0.727. The zero-order chi connectivity index (χ0) is 13.7. The van der Waals surface area contributed by atoms with E-state index < -0.39 is 12.1 Å². The van der Waals surface area contributed by atoms with Gasteiger partial charge in [-0.2, -0.15) is 18.2 Å². The maximum Gasteiger partial charge on any atom is 0.471 e. The molecule has 0 aliphatic heterocycles. The molecule has 1 heterocycles. The van der Waals surface area contributed by atoms with Crippen LogP contribution in [0.4, 0.5) is 13.2 Å². The van der Waals surface area contributed by atoms with Crippen molar-refractivity contribution >= 4 is 5.91 Å². The van der Waals surface area contributed by atoms with Gasteiger partial charge >= 0.3 is 12.1 Å². The van der Waals surface area contributed by atoms with Crippen LogP contribution in [0.25, 0.3) is 0 Å². The summed E-state index contributed by atoms with van der Waals surface area (Å²) in [7, 11) is 0. The quantitative estimate of drug-likeness (QED) is 0.905. The molecule has 2 aliphatic carbocycles. The maximum atomic E-state index is 12.2. The number of nitrogens with zero attached hydrogens (tertiary/aromatic N) is 2. The third-order valence-electron chi connectivity index (χ3n) is 3.76. The molecule has 1 atom stereocenters. The second-order valence-corrected chi connectivity index (χ2v) is 5.17. The molecule has 2 aliphatic rings. The Bertz CT molecular complexity index is 508. The van der Waals surface area contributed by atoms with Gasteiger partial charge in [-0.3, -0.25) is 4.79 Å². The molecule has 0 aromatic carbocycles. The SMILES string of the molecule is O=C(NCCc1noc(C(F)(F)F)n1)[C@H]1CC12CC2. The van der Waals surface area contributed by atoms with Gasteiger partial charge in [-0.1, -0.05) is 5.16 Å². The average Bonchev–Trinajstić information content (AvgIpc) is 3.20. The second kappa shape index (κ2) is 3.94. The highest BCUT2D eigenvalue weighted by Gasteiger charge is 2.65. The standard InChI is InChI=1S/C11H12F3N3O2/c12-11(13,14)9-16-7(17-19-9)1-4-15-8(18)6-5-10(6)2-3-10/h6H,1-5H2,(H,15,18)/t6-/m1/s1. The Morgan fingerprint density at radius 3 is 2.74 bits per heavy atom. The van der Waals surface area contributed by atoms with Crippen LogP contribution < -0.4 is 5.32 Å². The summed E-state index contributed by atoms with van der Waals surface area (Å²) in [5.74, 6) is -1.32. The zero-order valence-electron chi connectivity index (χ0n) is 9.96. The minimum Gasteiger partial charge on any atom is -0.355 e. The van der Waals surface area contributed by atoms with E-state index >= 15 is 0 Å². The molecule has 8 heteroatoms. The molecule has 1 aromatic rings. The molecule has 1 N–H and O–H groups in total. The van der Waals surface area contributed by atoms with Crippen LogP contribution in [0.3, 0.4) is 0 Å². The van der Waals surface area contributed by atoms with E-state index in [9.17, 15) is 18.0 Å². The molecule has 0 saturated heterocycles. The van der Waals surface area contributed by atoms with E-state index in [1.165, 1.54) is 0 Å². The van der Waals surface area contributed by atoms with Gasteiger partial charge in [-0.15, -0.1) is 0 Å². The Kier molecular flexibility index (Phi) is 2.58. The number of rotatable bonds is 4. The predicted molar refractivity (Wildman–Crippen MR) is 55.8 cm³/mol. The summed E-state index contributed by atoms with van der Waals surface area (Å²) in [5, 5.41) is 5.92. The van der Waals surface area contributed by atoms with Crippen LogP contribution in [-0.4, -0.2) is 22.6 Å². The molecule has 0 bridgehead atoms. The van der Waals surface area contributed by atoms with Crippen LogP contribution in [0.15, 0.2) is 4.52 Å².